The summed E-state index contributed by atoms with van der Waals surface area (Å²) in [6, 6.07) is 0.620. The van der Waals surface area contributed by atoms with Gasteiger partial charge < -0.3 is 14.6 Å². The van der Waals surface area contributed by atoms with Gasteiger partial charge in [-0.25, -0.2) is 17.9 Å². The summed E-state index contributed by atoms with van der Waals surface area (Å²) in [6.45, 7) is -1.31. The molecule has 1 aromatic heterocycles. The monoisotopic (exact) mass is 381 g/mol. The first kappa shape index (κ1) is 16.9. The number of carboxylic acids is 1. The number of rotatable bonds is 5. The third kappa shape index (κ3) is 3.94. The van der Waals surface area contributed by atoms with Crippen molar-refractivity contribution in [2.24, 2.45) is 0 Å². The lowest BCUT2D eigenvalue weighted by Gasteiger charge is -2.14. The van der Waals surface area contributed by atoms with Crippen molar-refractivity contribution in [3.05, 3.63) is 16.5 Å². The Hall–Kier alpha value is -1.11. The van der Waals surface area contributed by atoms with Crippen molar-refractivity contribution in [2.75, 3.05) is 6.54 Å². The molecule has 0 aromatic carbocycles. The van der Waals surface area contributed by atoms with Gasteiger partial charge in [0, 0.05) is 12.6 Å². The third-order valence-electron chi connectivity index (χ3n) is 2.00. The van der Waals surface area contributed by atoms with Gasteiger partial charge >= 0.3 is 12.1 Å². The van der Waals surface area contributed by atoms with Crippen molar-refractivity contribution < 1.29 is 41.0 Å². The molecule has 1 rings (SSSR count). The van der Waals surface area contributed by atoms with Crippen LogP contribution in [0.15, 0.2) is 20.0 Å². The van der Waals surface area contributed by atoms with Crippen LogP contribution in [0.3, 0.4) is 0 Å². The fraction of sp³-hybridized carbons (Fsp3) is 0.375. The van der Waals surface area contributed by atoms with Crippen molar-refractivity contribution in [1.29, 1.82) is 0 Å². The van der Waals surface area contributed by atoms with Crippen LogP contribution in [-0.2, 0) is 10.0 Å². The number of carboxylic acid groups (broad SMARTS) is 1. The molecular weight excluding hydrogens is 375 g/mol. The number of hydrogen-bond acceptors (Lipinski definition) is 5. The molecular formula is C8H7BrF3NO6S. The Kier molecular flexibility index (Phi) is 4.84. The second-order valence-corrected chi connectivity index (χ2v) is 5.92. The van der Waals surface area contributed by atoms with Gasteiger partial charge in [0.2, 0.25) is 15.8 Å². The maximum Gasteiger partial charge on any atom is 0.415 e. The van der Waals surface area contributed by atoms with E-state index in [2.05, 4.69) is 20.3 Å². The molecule has 0 bridgehead atoms. The summed E-state index contributed by atoms with van der Waals surface area (Å²) in [5.74, 6) is -2.27. The van der Waals surface area contributed by atoms with Gasteiger partial charge in [0.25, 0.3) is 0 Å². The van der Waals surface area contributed by atoms with E-state index in [4.69, 9.17) is 10.2 Å². The molecule has 1 unspecified atom stereocenters. The van der Waals surface area contributed by atoms with Crippen LogP contribution in [0.2, 0.25) is 0 Å². The topological polar surface area (TPSA) is 117 Å². The minimum Gasteiger partial charge on any atom is -0.475 e. The van der Waals surface area contributed by atoms with E-state index in [-0.39, 0.29) is 0 Å². The lowest BCUT2D eigenvalue weighted by molar-refractivity contribution is -0.200. The van der Waals surface area contributed by atoms with Crippen LogP contribution >= 0.6 is 15.9 Å². The predicted molar refractivity (Wildman–Crippen MR) is 60.6 cm³/mol. The summed E-state index contributed by atoms with van der Waals surface area (Å²) in [5.41, 5.74) is 0. The highest BCUT2D eigenvalue weighted by atomic mass is 79.9. The van der Waals surface area contributed by atoms with E-state index in [0.717, 1.165) is 0 Å². The molecule has 0 saturated carbocycles. The second kappa shape index (κ2) is 5.71. The van der Waals surface area contributed by atoms with Crippen LogP contribution in [0.4, 0.5) is 13.2 Å². The normalized spacial score (nSPS) is 14.2. The van der Waals surface area contributed by atoms with E-state index in [0.29, 0.717) is 6.07 Å². The average Bonchev–Trinajstić information content (AvgIpc) is 2.68. The standard InChI is InChI=1S/C8H7BrF3NO6S/c9-6-4(1-3(19-6)7(15)16)20(17,18)13-2-5(14)8(10,11)12/h1,5,13-14H,2H2,(H,15,16). The minimum atomic E-state index is -4.98. The van der Waals surface area contributed by atoms with Gasteiger partial charge in [-0.1, -0.05) is 0 Å². The van der Waals surface area contributed by atoms with E-state index in [9.17, 15) is 26.4 Å². The molecule has 0 fully saturated rings. The molecule has 1 atom stereocenters. The molecule has 0 amide bonds. The molecule has 0 radical (unpaired) electrons. The van der Waals surface area contributed by atoms with Crippen molar-refractivity contribution >= 4 is 31.9 Å². The van der Waals surface area contributed by atoms with E-state index < -0.39 is 50.1 Å². The Balaban J connectivity index is 2.92. The smallest absolute Gasteiger partial charge is 0.415 e. The highest BCUT2D eigenvalue weighted by Crippen LogP contribution is 2.26. The van der Waals surface area contributed by atoms with Crippen molar-refractivity contribution in [3.8, 4) is 0 Å². The zero-order chi connectivity index (χ0) is 15.7. The third-order valence-corrected chi connectivity index (χ3v) is 4.28. The van der Waals surface area contributed by atoms with Crippen LogP contribution in [0.1, 0.15) is 10.6 Å². The predicted octanol–water partition coefficient (Wildman–Crippen LogP) is 0.942. The first-order chi connectivity index (χ1) is 8.95. The molecule has 0 spiro atoms. The molecule has 1 aromatic rings. The molecule has 7 nitrogen and oxygen atoms in total. The highest BCUT2D eigenvalue weighted by Gasteiger charge is 2.39. The number of alkyl halides is 3. The zero-order valence-corrected chi connectivity index (χ0v) is 11.7. The molecule has 0 aliphatic rings. The number of carbonyl (C=O) groups is 1. The molecule has 0 aliphatic heterocycles. The van der Waals surface area contributed by atoms with Crippen molar-refractivity contribution in [2.45, 2.75) is 17.2 Å². The van der Waals surface area contributed by atoms with Gasteiger partial charge in [0.15, 0.2) is 10.8 Å². The van der Waals surface area contributed by atoms with Gasteiger partial charge in [-0.15, -0.1) is 0 Å². The first-order valence-corrected chi connectivity index (χ1v) is 7.00. The lowest BCUT2D eigenvalue weighted by Crippen LogP contribution is -2.40. The van der Waals surface area contributed by atoms with Gasteiger partial charge in [0.1, 0.15) is 4.90 Å². The van der Waals surface area contributed by atoms with Crippen molar-refractivity contribution in [3.63, 3.8) is 0 Å². The highest BCUT2D eigenvalue weighted by molar-refractivity contribution is 9.10. The Labute approximate surface area is 118 Å². The fourth-order valence-corrected chi connectivity index (χ4v) is 3.00. The van der Waals surface area contributed by atoms with Crippen LogP contribution in [-0.4, -0.2) is 43.4 Å². The molecule has 1 heterocycles. The van der Waals surface area contributed by atoms with Crippen LogP contribution in [0, 0.1) is 0 Å². The maximum atomic E-state index is 12.0. The van der Waals surface area contributed by atoms with Crippen LogP contribution < -0.4 is 4.72 Å². The Morgan fingerprint density at radius 3 is 2.45 bits per heavy atom. The summed E-state index contributed by atoms with van der Waals surface area (Å²) in [4.78, 5) is 9.88. The van der Waals surface area contributed by atoms with E-state index in [1.54, 1.807) is 0 Å². The maximum absolute atomic E-state index is 12.0. The molecule has 0 saturated heterocycles. The summed E-state index contributed by atoms with van der Waals surface area (Å²) in [5, 5.41) is 17.3. The lowest BCUT2D eigenvalue weighted by atomic mass is 10.4. The Morgan fingerprint density at radius 2 is 2.05 bits per heavy atom. The molecule has 0 aliphatic carbocycles. The number of nitrogens with one attached hydrogen (secondary N) is 1. The van der Waals surface area contributed by atoms with E-state index in [1.165, 1.54) is 4.72 Å². The SMILES string of the molecule is O=C(O)c1cc(S(=O)(=O)NCC(O)C(F)(F)F)c(Br)o1. The number of aromatic carboxylic acids is 1. The minimum absolute atomic E-state index is 0.483. The van der Waals surface area contributed by atoms with E-state index in [1.807, 2.05) is 0 Å². The Bertz CT molecular complexity index is 610. The molecule has 114 valence electrons. The number of halogens is 4. The number of aliphatic hydroxyl groups is 1. The fourth-order valence-electron chi connectivity index (χ4n) is 1.02. The largest absolute Gasteiger partial charge is 0.475 e. The molecule has 20 heavy (non-hydrogen) atoms. The number of furan rings is 1. The van der Waals surface area contributed by atoms with Gasteiger partial charge in [-0.05, 0) is 15.9 Å². The number of hydrogen-bond donors (Lipinski definition) is 3. The number of aliphatic hydroxyl groups excluding tert-OH is 1. The van der Waals surface area contributed by atoms with Gasteiger partial charge in [-0.2, -0.15) is 13.2 Å². The second-order valence-electron chi connectivity index (χ2n) is 3.46. The summed E-state index contributed by atoms with van der Waals surface area (Å²) >= 11 is 2.63. The summed E-state index contributed by atoms with van der Waals surface area (Å²) < 4.78 is 64.9. The zero-order valence-electron chi connectivity index (χ0n) is 9.31. The quantitative estimate of drug-likeness (QED) is 0.698. The van der Waals surface area contributed by atoms with Crippen LogP contribution in [0.5, 0.6) is 0 Å². The van der Waals surface area contributed by atoms with Gasteiger partial charge in [-0.3, -0.25) is 0 Å². The number of sulfonamides is 1. The summed E-state index contributed by atoms with van der Waals surface area (Å²) in [7, 11) is -4.47. The van der Waals surface area contributed by atoms with Gasteiger partial charge in [0.05, 0.1) is 0 Å². The molecule has 12 heteroatoms. The molecule has 3 N–H and O–H groups in total. The van der Waals surface area contributed by atoms with E-state index >= 15 is 0 Å². The van der Waals surface area contributed by atoms with Crippen molar-refractivity contribution in [1.82, 2.24) is 4.72 Å². The average molecular weight is 382 g/mol. The summed E-state index contributed by atoms with van der Waals surface area (Å²) in [6.07, 6.45) is -7.87. The Morgan fingerprint density at radius 1 is 1.50 bits per heavy atom. The first-order valence-electron chi connectivity index (χ1n) is 4.72. The van der Waals surface area contributed by atoms with Crippen LogP contribution in [0.25, 0.3) is 0 Å².